The van der Waals surface area contributed by atoms with E-state index in [1.165, 1.54) is 0 Å². The van der Waals surface area contributed by atoms with Gasteiger partial charge in [0.2, 0.25) is 5.89 Å². The number of benzene rings is 1. The number of aromatic nitrogens is 3. The first-order chi connectivity index (χ1) is 16.4. The zero-order valence-corrected chi connectivity index (χ0v) is 18.5. The van der Waals surface area contributed by atoms with Crippen molar-refractivity contribution in [3.63, 3.8) is 0 Å². The molecule has 0 amide bonds. The maximum Gasteiger partial charge on any atom is 0.328 e. The monoisotopic (exact) mass is 471 g/mol. The van der Waals surface area contributed by atoms with E-state index in [0.717, 1.165) is 55.5 Å². The Labute approximate surface area is 194 Å². The number of piperidine rings is 1. The van der Waals surface area contributed by atoms with Crippen molar-refractivity contribution in [2.75, 3.05) is 37.8 Å². The molecule has 2 N–H and O–H groups in total. The summed E-state index contributed by atoms with van der Waals surface area (Å²) in [4.78, 5) is 23.9. The number of rotatable bonds is 6. The standard InChI is InChI=1S/C19H22FN5O.C4H4O4/c20-6-10-24-9-3-14-1-2-15(13-17(14)24)18-21-22-19(26-18)25-12-11-23-7-4-16(25)5-8-23;5-3(6)1-2-4(7)8/h1-3,9,13,16H,4-8,10-12H2;1-2H,(H,5,6)(H,7,8)/b;2-1+. The van der Waals surface area contributed by atoms with E-state index in [4.69, 9.17) is 14.6 Å². The predicted molar refractivity (Wildman–Crippen MR) is 122 cm³/mol. The summed E-state index contributed by atoms with van der Waals surface area (Å²) in [7, 11) is 0. The molecule has 180 valence electrons. The second-order valence-corrected chi connectivity index (χ2v) is 8.14. The van der Waals surface area contributed by atoms with Crippen molar-refractivity contribution in [2.45, 2.75) is 25.4 Å². The van der Waals surface area contributed by atoms with Crippen molar-refractivity contribution in [1.82, 2.24) is 19.7 Å². The number of carbonyl (C=O) groups is 2. The molecule has 5 heterocycles. The second-order valence-electron chi connectivity index (χ2n) is 8.14. The largest absolute Gasteiger partial charge is 0.478 e. The van der Waals surface area contributed by atoms with Gasteiger partial charge in [-0.15, -0.1) is 5.10 Å². The van der Waals surface area contributed by atoms with Gasteiger partial charge < -0.3 is 29.0 Å². The first-order valence-electron chi connectivity index (χ1n) is 11.1. The highest BCUT2D eigenvalue weighted by Crippen LogP contribution is 2.30. The molecule has 34 heavy (non-hydrogen) atoms. The van der Waals surface area contributed by atoms with Crippen LogP contribution in [0.3, 0.4) is 0 Å². The van der Waals surface area contributed by atoms with Gasteiger partial charge in [0.1, 0.15) is 6.67 Å². The van der Waals surface area contributed by atoms with Gasteiger partial charge >= 0.3 is 18.0 Å². The number of carboxylic acid groups (broad SMARTS) is 2. The zero-order chi connectivity index (χ0) is 24.1. The molecule has 10 nitrogen and oxygen atoms in total. The number of carboxylic acids is 2. The van der Waals surface area contributed by atoms with Gasteiger partial charge in [0.15, 0.2) is 0 Å². The summed E-state index contributed by atoms with van der Waals surface area (Å²) in [5.41, 5.74) is 1.86. The highest BCUT2D eigenvalue weighted by molar-refractivity contribution is 5.89. The van der Waals surface area contributed by atoms with Crippen LogP contribution in [0.5, 0.6) is 0 Å². The number of anilines is 1. The number of hydrogen-bond donors (Lipinski definition) is 2. The van der Waals surface area contributed by atoms with Crippen LogP contribution in [0.25, 0.3) is 22.4 Å². The Morgan fingerprint density at radius 1 is 1.06 bits per heavy atom. The van der Waals surface area contributed by atoms with Crippen LogP contribution >= 0.6 is 0 Å². The lowest BCUT2D eigenvalue weighted by Crippen LogP contribution is -2.38. The number of alkyl halides is 1. The highest BCUT2D eigenvalue weighted by Gasteiger charge is 2.31. The minimum atomic E-state index is -1.26. The first-order valence-corrected chi connectivity index (χ1v) is 11.1. The molecular formula is C23H26FN5O5. The van der Waals surface area contributed by atoms with Crippen LogP contribution in [-0.4, -0.2) is 80.7 Å². The number of nitrogens with zero attached hydrogens (tertiary/aromatic N) is 5. The molecule has 3 aliphatic rings. The van der Waals surface area contributed by atoms with Crippen LogP contribution < -0.4 is 4.90 Å². The average Bonchev–Trinajstić information content (AvgIpc) is 3.36. The molecule has 3 fully saturated rings. The minimum absolute atomic E-state index is 0.355. The first kappa shape index (κ1) is 23.4. The van der Waals surface area contributed by atoms with Gasteiger partial charge in [0.25, 0.3) is 0 Å². The lowest BCUT2D eigenvalue weighted by molar-refractivity contribution is -0.134. The molecular weight excluding hydrogens is 445 g/mol. The number of halogens is 1. The molecule has 0 aliphatic carbocycles. The lowest BCUT2D eigenvalue weighted by atomic mass is 10.1. The molecule has 11 heteroatoms. The van der Waals surface area contributed by atoms with Gasteiger partial charge in [-0.05, 0) is 36.4 Å². The predicted octanol–water partition coefficient (Wildman–Crippen LogP) is 2.66. The van der Waals surface area contributed by atoms with Crippen LogP contribution in [-0.2, 0) is 16.1 Å². The number of aliphatic carboxylic acids is 2. The average molecular weight is 471 g/mol. The molecule has 0 spiro atoms. The summed E-state index contributed by atoms with van der Waals surface area (Å²) >= 11 is 0. The summed E-state index contributed by atoms with van der Waals surface area (Å²) < 4.78 is 20.7. The molecule has 3 aromatic rings. The molecule has 0 radical (unpaired) electrons. The molecule has 6 rings (SSSR count). The Hall–Kier alpha value is -3.73. The van der Waals surface area contributed by atoms with Crippen molar-refractivity contribution >= 4 is 28.9 Å². The smallest absolute Gasteiger partial charge is 0.328 e. The van der Waals surface area contributed by atoms with E-state index in [0.29, 0.717) is 36.6 Å². The second kappa shape index (κ2) is 10.5. The van der Waals surface area contributed by atoms with Crippen molar-refractivity contribution in [1.29, 1.82) is 0 Å². The van der Waals surface area contributed by atoms with Crippen molar-refractivity contribution in [3.8, 4) is 11.5 Å². The Bertz CT molecular complexity index is 1170. The Morgan fingerprint density at radius 3 is 2.47 bits per heavy atom. The van der Waals surface area contributed by atoms with Crippen LogP contribution in [0, 0.1) is 0 Å². The van der Waals surface area contributed by atoms with Gasteiger partial charge in [0, 0.05) is 61.6 Å². The fourth-order valence-corrected chi connectivity index (χ4v) is 4.33. The summed E-state index contributed by atoms with van der Waals surface area (Å²) in [6, 6.07) is 9.11. The van der Waals surface area contributed by atoms with E-state index in [2.05, 4.69) is 20.0 Å². The molecule has 3 saturated heterocycles. The van der Waals surface area contributed by atoms with Gasteiger partial charge in [-0.25, -0.2) is 14.0 Å². The van der Waals surface area contributed by atoms with E-state index >= 15 is 0 Å². The molecule has 0 saturated carbocycles. The van der Waals surface area contributed by atoms with Crippen molar-refractivity contribution in [2.24, 2.45) is 0 Å². The molecule has 1 aromatic carbocycles. The maximum absolute atomic E-state index is 12.8. The fourth-order valence-electron chi connectivity index (χ4n) is 4.33. The Morgan fingerprint density at radius 2 is 1.79 bits per heavy atom. The molecule has 3 aliphatic heterocycles. The van der Waals surface area contributed by atoms with E-state index in [1.807, 2.05) is 35.0 Å². The van der Waals surface area contributed by atoms with Gasteiger partial charge in [0.05, 0.1) is 6.54 Å². The highest BCUT2D eigenvalue weighted by atomic mass is 19.1. The molecule has 2 bridgehead atoms. The third-order valence-corrected chi connectivity index (χ3v) is 6.03. The van der Waals surface area contributed by atoms with E-state index in [9.17, 15) is 14.0 Å². The van der Waals surface area contributed by atoms with Crippen LogP contribution in [0.15, 0.2) is 47.0 Å². The summed E-state index contributed by atoms with van der Waals surface area (Å²) in [5, 5.41) is 25.3. The normalized spacial score (nSPS) is 19.7. The minimum Gasteiger partial charge on any atom is -0.478 e. The van der Waals surface area contributed by atoms with Crippen LogP contribution in [0.2, 0.25) is 0 Å². The summed E-state index contributed by atoms with van der Waals surface area (Å²) in [6.07, 6.45) is 5.34. The zero-order valence-electron chi connectivity index (χ0n) is 18.5. The van der Waals surface area contributed by atoms with Crippen LogP contribution in [0.1, 0.15) is 12.8 Å². The Balaban J connectivity index is 0.000000297. The molecule has 0 unspecified atom stereocenters. The summed E-state index contributed by atoms with van der Waals surface area (Å²) in [6.45, 7) is 4.27. The Kier molecular flexibility index (Phi) is 7.21. The topological polar surface area (TPSA) is 125 Å². The van der Waals surface area contributed by atoms with E-state index < -0.39 is 11.9 Å². The number of hydrogen-bond acceptors (Lipinski definition) is 7. The number of aryl methyl sites for hydroxylation is 1. The van der Waals surface area contributed by atoms with Crippen molar-refractivity contribution < 1.29 is 28.6 Å². The maximum atomic E-state index is 12.8. The quantitative estimate of drug-likeness (QED) is 0.522. The van der Waals surface area contributed by atoms with Crippen molar-refractivity contribution in [3.05, 3.63) is 42.6 Å². The van der Waals surface area contributed by atoms with Crippen LogP contribution in [0.4, 0.5) is 10.4 Å². The summed E-state index contributed by atoms with van der Waals surface area (Å²) in [5.74, 6) is -1.99. The third kappa shape index (κ3) is 5.42. The lowest BCUT2D eigenvalue weighted by Gasteiger charge is -2.29. The molecule has 0 atom stereocenters. The number of fused-ring (bicyclic) bond motifs is 5. The third-order valence-electron chi connectivity index (χ3n) is 6.03. The van der Waals surface area contributed by atoms with E-state index in [1.54, 1.807) is 0 Å². The van der Waals surface area contributed by atoms with Gasteiger partial charge in [-0.1, -0.05) is 11.2 Å². The van der Waals surface area contributed by atoms with Gasteiger partial charge in [-0.3, -0.25) is 0 Å². The fraction of sp³-hybridized carbons (Fsp3) is 0.391. The van der Waals surface area contributed by atoms with E-state index in [-0.39, 0.29) is 6.67 Å². The SMILES string of the molecule is FCCn1ccc2ccc(-c3nnc(N4CCN5CCC4CC5)o3)cc21.O=C(O)/C=C/C(=O)O. The molecule has 2 aromatic heterocycles. The van der Waals surface area contributed by atoms with Gasteiger partial charge in [-0.2, -0.15) is 0 Å².